The van der Waals surface area contributed by atoms with Crippen LogP contribution >= 0.6 is 23.2 Å². The number of hydrogen-bond acceptors (Lipinski definition) is 4. The molecule has 6 nitrogen and oxygen atoms in total. The van der Waals surface area contributed by atoms with Gasteiger partial charge in [-0.25, -0.2) is 0 Å². The molecule has 0 bridgehead atoms. The van der Waals surface area contributed by atoms with Gasteiger partial charge in [-0.1, -0.05) is 48.7 Å². The molecule has 8 heteroatoms. The maximum atomic E-state index is 12.3. The van der Waals surface area contributed by atoms with Crippen molar-refractivity contribution < 1.29 is 19.1 Å². The minimum Gasteiger partial charge on any atom is -0.493 e. The highest BCUT2D eigenvalue weighted by atomic mass is 35.5. The molecule has 2 aromatic rings. The third-order valence-electron chi connectivity index (χ3n) is 3.46. The smallest absolute Gasteiger partial charge is 0.276 e. The molecule has 144 valence electrons. The van der Waals surface area contributed by atoms with Gasteiger partial charge in [0.1, 0.15) is 11.5 Å². The van der Waals surface area contributed by atoms with Gasteiger partial charge in [0.05, 0.1) is 17.2 Å². The van der Waals surface area contributed by atoms with Crippen LogP contribution in [-0.4, -0.2) is 25.0 Å². The molecule has 2 aromatic carbocycles. The van der Waals surface area contributed by atoms with E-state index in [4.69, 9.17) is 32.7 Å². The third kappa shape index (κ3) is 6.66. The van der Waals surface area contributed by atoms with Crippen LogP contribution < -0.4 is 20.3 Å². The van der Waals surface area contributed by atoms with Crippen molar-refractivity contribution in [2.24, 2.45) is 0 Å². The number of rotatable bonds is 8. The molecule has 0 unspecified atom stereocenters. The minimum absolute atomic E-state index is 0.289. The summed E-state index contributed by atoms with van der Waals surface area (Å²) in [4.78, 5) is 24.2. The number of hydrogen-bond donors (Lipinski definition) is 2. The Hall–Kier alpha value is -2.44. The predicted molar refractivity (Wildman–Crippen MR) is 104 cm³/mol. The van der Waals surface area contributed by atoms with Gasteiger partial charge in [0.15, 0.2) is 6.61 Å². The summed E-state index contributed by atoms with van der Waals surface area (Å²) in [5, 5.41) is 0.751. The van der Waals surface area contributed by atoms with Crippen molar-refractivity contribution in [1.29, 1.82) is 0 Å². The summed E-state index contributed by atoms with van der Waals surface area (Å²) in [5.41, 5.74) is 4.95. The molecule has 0 heterocycles. The summed E-state index contributed by atoms with van der Waals surface area (Å²) in [7, 11) is 0. The number of carbonyl (C=O) groups is 2. The van der Waals surface area contributed by atoms with Crippen molar-refractivity contribution in [1.82, 2.24) is 10.9 Å². The number of unbranched alkanes of at least 4 members (excludes halogenated alkanes) is 1. The molecule has 0 saturated heterocycles. The molecule has 0 aliphatic heterocycles. The Balaban J connectivity index is 1.85. The summed E-state index contributed by atoms with van der Waals surface area (Å²) in [6.45, 7) is 2.25. The lowest BCUT2D eigenvalue weighted by atomic mass is 10.2. The fourth-order valence-electron chi connectivity index (χ4n) is 2.07. The molecule has 0 atom stereocenters. The van der Waals surface area contributed by atoms with Crippen LogP contribution in [0.15, 0.2) is 42.5 Å². The Morgan fingerprint density at radius 3 is 2.52 bits per heavy atom. The van der Waals surface area contributed by atoms with Crippen LogP contribution in [-0.2, 0) is 4.79 Å². The van der Waals surface area contributed by atoms with Crippen molar-refractivity contribution in [3.05, 3.63) is 58.1 Å². The molecule has 0 saturated carbocycles. The van der Waals surface area contributed by atoms with Gasteiger partial charge in [-0.05, 0) is 36.8 Å². The molecule has 2 rings (SSSR count). The Morgan fingerprint density at radius 1 is 1.00 bits per heavy atom. The maximum absolute atomic E-state index is 12.3. The molecular weight excluding hydrogens is 391 g/mol. The van der Waals surface area contributed by atoms with Gasteiger partial charge in [-0.15, -0.1) is 0 Å². The van der Waals surface area contributed by atoms with E-state index in [1.165, 1.54) is 6.07 Å². The first kappa shape index (κ1) is 20.9. The standard InChI is InChI=1S/C19H20Cl2N2O4/c1-2-3-10-26-16-7-5-4-6-14(16)19(25)23-22-18(24)12-27-17-9-8-13(20)11-15(17)21/h4-9,11H,2-3,10,12H2,1H3,(H,22,24)(H,23,25). The summed E-state index contributed by atoms with van der Waals surface area (Å²) in [6, 6.07) is 11.5. The number of carbonyl (C=O) groups excluding carboxylic acids is 2. The van der Waals surface area contributed by atoms with Crippen molar-refractivity contribution in [3.8, 4) is 11.5 Å². The SMILES string of the molecule is CCCCOc1ccccc1C(=O)NNC(=O)COc1ccc(Cl)cc1Cl. The van der Waals surface area contributed by atoms with Crippen LogP contribution in [0.25, 0.3) is 0 Å². The van der Waals surface area contributed by atoms with Crippen LogP contribution in [0.5, 0.6) is 11.5 Å². The third-order valence-corrected chi connectivity index (χ3v) is 3.99. The number of para-hydroxylation sites is 1. The number of amides is 2. The van der Waals surface area contributed by atoms with Gasteiger partial charge >= 0.3 is 0 Å². The van der Waals surface area contributed by atoms with Crippen LogP contribution in [0.3, 0.4) is 0 Å². The minimum atomic E-state index is -0.543. The van der Waals surface area contributed by atoms with E-state index in [2.05, 4.69) is 17.8 Å². The maximum Gasteiger partial charge on any atom is 0.276 e. The monoisotopic (exact) mass is 410 g/mol. The number of benzene rings is 2. The highest BCUT2D eigenvalue weighted by molar-refractivity contribution is 6.35. The second-order valence-electron chi connectivity index (χ2n) is 5.56. The molecule has 0 aromatic heterocycles. The second-order valence-corrected chi connectivity index (χ2v) is 6.41. The largest absolute Gasteiger partial charge is 0.493 e. The first-order valence-corrected chi connectivity index (χ1v) is 9.15. The Labute approximate surface area is 167 Å². The first-order valence-electron chi connectivity index (χ1n) is 8.40. The van der Waals surface area contributed by atoms with E-state index in [0.717, 1.165) is 12.8 Å². The molecule has 2 N–H and O–H groups in total. The predicted octanol–water partition coefficient (Wildman–Crippen LogP) is 4.01. The van der Waals surface area contributed by atoms with Crippen LogP contribution in [0, 0.1) is 0 Å². The van der Waals surface area contributed by atoms with Crippen LogP contribution in [0.1, 0.15) is 30.1 Å². The van der Waals surface area contributed by atoms with Crippen LogP contribution in [0.2, 0.25) is 10.0 Å². The van der Waals surface area contributed by atoms with Crippen molar-refractivity contribution >= 4 is 35.0 Å². The van der Waals surface area contributed by atoms with Gasteiger partial charge in [0.25, 0.3) is 11.8 Å². The normalized spacial score (nSPS) is 10.2. The lowest BCUT2D eigenvalue weighted by Crippen LogP contribution is -2.43. The first-order chi connectivity index (χ1) is 13.0. The van der Waals surface area contributed by atoms with E-state index in [-0.39, 0.29) is 11.6 Å². The Morgan fingerprint density at radius 2 is 1.78 bits per heavy atom. The highest BCUT2D eigenvalue weighted by Gasteiger charge is 2.13. The average Bonchev–Trinajstić information content (AvgIpc) is 2.66. The summed E-state index contributed by atoms with van der Waals surface area (Å²) < 4.78 is 10.9. The zero-order chi connectivity index (χ0) is 19.6. The number of halogens is 2. The molecule has 27 heavy (non-hydrogen) atoms. The van der Waals surface area contributed by atoms with Crippen molar-refractivity contribution in [3.63, 3.8) is 0 Å². The quantitative estimate of drug-likeness (QED) is 0.508. The van der Waals surface area contributed by atoms with E-state index >= 15 is 0 Å². The van der Waals surface area contributed by atoms with Gasteiger partial charge in [0.2, 0.25) is 0 Å². The Kier molecular flexibility index (Phi) is 8.23. The average molecular weight is 411 g/mol. The van der Waals surface area contributed by atoms with E-state index in [1.807, 2.05) is 0 Å². The van der Waals surface area contributed by atoms with Gasteiger partial charge in [0, 0.05) is 5.02 Å². The molecule has 0 aliphatic carbocycles. The second kappa shape index (κ2) is 10.6. The fourth-order valence-corrected chi connectivity index (χ4v) is 2.54. The summed E-state index contributed by atoms with van der Waals surface area (Å²) in [5.74, 6) is -0.252. The molecular formula is C19H20Cl2N2O4. The zero-order valence-electron chi connectivity index (χ0n) is 14.8. The molecule has 0 aliphatic rings. The molecule has 0 fully saturated rings. The van der Waals surface area contributed by atoms with Gasteiger partial charge in [-0.3, -0.25) is 20.4 Å². The van der Waals surface area contributed by atoms with Gasteiger partial charge in [-0.2, -0.15) is 0 Å². The van der Waals surface area contributed by atoms with E-state index in [9.17, 15) is 9.59 Å². The Bertz CT molecular complexity index is 799. The van der Waals surface area contributed by atoms with Crippen molar-refractivity contribution in [2.75, 3.05) is 13.2 Å². The lowest BCUT2D eigenvalue weighted by Gasteiger charge is -2.12. The molecule has 0 radical (unpaired) electrons. The van der Waals surface area contributed by atoms with E-state index in [1.54, 1.807) is 36.4 Å². The van der Waals surface area contributed by atoms with E-state index in [0.29, 0.717) is 28.7 Å². The topological polar surface area (TPSA) is 76.7 Å². The lowest BCUT2D eigenvalue weighted by molar-refractivity contribution is -0.123. The summed E-state index contributed by atoms with van der Waals surface area (Å²) in [6.07, 6.45) is 1.87. The molecule has 2 amide bonds. The number of nitrogens with one attached hydrogen (secondary N) is 2. The number of ether oxygens (including phenoxy) is 2. The summed E-state index contributed by atoms with van der Waals surface area (Å²) >= 11 is 11.8. The highest BCUT2D eigenvalue weighted by Crippen LogP contribution is 2.27. The fraction of sp³-hybridized carbons (Fsp3) is 0.263. The van der Waals surface area contributed by atoms with Crippen LogP contribution in [0.4, 0.5) is 0 Å². The zero-order valence-corrected chi connectivity index (χ0v) is 16.3. The molecule has 0 spiro atoms. The van der Waals surface area contributed by atoms with Crippen molar-refractivity contribution in [2.45, 2.75) is 19.8 Å². The van der Waals surface area contributed by atoms with Gasteiger partial charge < -0.3 is 9.47 Å². The van der Waals surface area contributed by atoms with E-state index < -0.39 is 11.8 Å². The number of hydrazine groups is 1.